The molecule has 1 fully saturated rings. The molecule has 11 nitrogen and oxygen atoms in total. The Balaban J connectivity index is 1.30. The van der Waals surface area contributed by atoms with E-state index in [1.165, 1.54) is 28.4 Å². The van der Waals surface area contributed by atoms with Gasteiger partial charge in [-0.1, -0.05) is 6.07 Å². The third-order valence-corrected chi connectivity index (χ3v) is 8.62. The number of benzene rings is 1. The largest absolute Gasteiger partial charge is 0.453 e. The van der Waals surface area contributed by atoms with E-state index in [4.69, 9.17) is 9.47 Å². The van der Waals surface area contributed by atoms with E-state index in [2.05, 4.69) is 20.6 Å². The van der Waals surface area contributed by atoms with Gasteiger partial charge in [0.1, 0.15) is 21.2 Å². The first-order valence-corrected chi connectivity index (χ1v) is 17.1. The van der Waals surface area contributed by atoms with E-state index in [0.29, 0.717) is 32.9 Å². The minimum Gasteiger partial charge on any atom is -0.453 e. The van der Waals surface area contributed by atoms with E-state index in [1.54, 1.807) is 51.4 Å². The first-order chi connectivity index (χ1) is 21.2. The van der Waals surface area contributed by atoms with Crippen molar-refractivity contribution in [3.63, 3.8) is 0 Å². The molecular weight excluding hydrogens is 622 g/mol. The van der Waals surface area contributed by atoms with Crippen molar-refractivity contribution in [1.29, 1.82) is 0 Å². The van der Waals surface area contributed by atoms with Crippen molar-refractivity contribution in [2.45, 2.75) is 51.8 Å². The van der Waals surface area contributed by atoms with Gasteiger partial charge in [0.2, 0.25) is 0 Å². The van der Waals surface area contributed by atoms with E-state index in [0.717, 1.165) is 24.0 Å². The highest BCUT2D eigenvalue weighted by atomic mass is 32.2. The second-order valence-corrected chi connectivity index (χ2v) is 15.1. The zero-order valence-electron chi connectivity index (χ0n) is 25.3. The van der Waals surface area contributed by atoms with Crippen molar-refractivity contribution < 1.29 is 31.9 Å². The quantitative estimate of drug-likeness (QED) is 0.201. The standard InChI is InChI=1S/C31H34FN5O6S2/c1-31(2,3)43-30(39)37(13-14-45(4,40)41)18-19-5-9-23(34-17-19)27-16-24-28(44-27)26(11-12-33-24)42-25-10-8-21(15-22(25)32)36-29(38)35-20-6-7-20/h5,8-12,15-17,20H,6-7,13-14,18H2,1-4H3,(H2,35,36,38). The number of rotatable bonds is 10. The number of thiophene rings is 1. The van der Waals surface area contributed by atoms with Gasteiger partial charge in [0.05, 0.1) is 33.1 Å². The molecule has 0 unspecified atom stereocenters. The third-order valence-electron chi connectivity index (χ3n) is 6.53. The van der Waals surface area contributed by atoms with Crippen LogP contribution in [0.5, 0.6) is 11.5 Å². The monoisotopic (exact) mass is 655 g/mol. The number of hydrogen-bond donors (Lipinski definition) is 2. The van der Waals surface area contributed by atoms with Gasteiger partial charge in [-0.05, 0) is 63.4 Å². The van der Waals surface area contributed by atoms with Crippen LogP contribution in [0.1, 0.15) is 39.2 Å². The zero-order chi connectivity index (χ0) is 32.4. The fourth-order valence-electron chi connectivity index (χ4n) is 4.20. The molecule has 238 valence electrons. The number of ether oxygens (including phenoxy) is 2. The maximum Gasteiger partial charge on any atom is 0.410 e. The van der Waals surface area contributed by atoms with Crippen LogP contribution in [-0.2, 0) is 21.1 Å². The lowest BCUT2D eigenvalue weighted by Gasteiger charge is -2.27. The second-order valence-electron chi connectivity index (χ2n) is 11.8. The van der Waals surface area contributed by atoms with Gasteiger partial charge in [-0.2, -0.15) is 0 Å². The average molecular weight is 656 g/mol. The predicted octanol–water partition coefficient (Wildman–Crippen LogP) is 6.36. The molecule has 3 heterocycles. The molecule has 0 aliphatic heterocycles. The molecule has 1 saturated carbocycles. The number of urea groups is 1. The van der Waals surface area contributed by atoms with Crippen LogP contribution in [0.2, 0.25) is 0 Å². The van der Waals surface area contributed by atoms with Gasteiger partial charge in [-0.15, -0.1) is 11.3 Å². The lowest BCUT2D eigenvalue weighted by atomic mass is 10.2. The molecule has 1 aliphatic rings. The number of amides is 3. The number of halogens is 1. The number of aromatic nitrogens is 2. The molecule has 3 amide bonds. The second kappa shape index (κ2) is 13.0. The number of hydrogen-bond acceptors (Lipinski definition) is 9. The molecule has 45 heavy (non-hydrogen) atoms. The van der Waals surface area contributed by atoms with Gasteiger partial charge >= 0.3 is 12.1 Å². The normalized spacial score (nSPS) is 13.4. The molecular formula is C31H34FN5O6S2. The molecule has 1 aliphatic carbocycles. The molecule has 0 saturated heterocycles. The van der Waals surface area contributed by atoms with Gasteiger partial charge in [-0.3, -0.25) is 9.97 Å². The van der Waals surface area contributed by atoms with E-state index in [9.17, 15) is 22.4 Å². The van der Waals surface area contributed by atoms with Gasteiger partial charge in [0.25, 0.3) is 0 Å². The molecule has 0 bridgehead atoms. The first-order valence-electron chi connectivity index (χ1n) is 14.3. The molecule has 1 aromatic carbocycles. The van der Waals surface area contributed by atoms with Crippen LogP contribution in [0, 0.1) is 5.82 Å². The number of carbonyl (C=O) groups excluding carboxylic acids is 2. The Morgan fingerprint density at radius 1 is 1.09 bits per heavy atom. The van der Waals surface area contributed by atoms with E-state index in [1.807, 2.05) is 12.1 Å². The number of fused-ring (bicyclic) bond motifs is 1. The molecule has 14 heteroatoms. The highest BCUT2D eigenvalue weighted by Crippen LogP contribution is 2.39. The van der Waals surface area contributed by atoms with E-state index < -0.39 is 27.3 Å². The van der Waals surface area contributed by atoms with Crippen LogP contribution in [0.4, 0.5) is 19.7 Å². The van der Waals surface area contributed by atoms with Crippen LogP contribution < -0.4 is 15.4 Å². The summed E-state index contributed by atoms with van der Waals surface area (Å²) >= 11 is 1.38. The maximum atomic E-state index is 14.9. The van der Waals surface area contributed by atoms with Crippen LogP contribution >= 0.6 is 11.3 Å². The van der Waals surface area contributed by atoms with Crippen molar-refractivity contribution in [2.75, 3.05) is 23.9 Å². The summed E-state index contributed by atoms with van der Waals surface area (Å²) in [5, 5.41) is 5.42. The number of pyridine rings is 2. The fraction of sp³-hybridized carbons (Fsp3) is 0.355. The summed E-state index contributed by atoms with van der Waals surface area (Å²) in [7, 11) is -3.30. The van der Waals surface area contributed by atoms with E-state index >= 15 is 0 Å². The van der Waals surface area contributed by atoms with Crippen LogP contribution in [0.15, 0.2) is 54.9 Å². The Kier molecular flexibility index (Phi) is 9.26. The van der Waals surface area contributed by atoms with Crippen molar-refractivity contribution in [2.24, 2.45) is 0 Å². The van der Waals surface area contributed by atoms with Gasteiger partial charge in [-0.25, -0.2) is 22.4 Å². The summed E-state index contributed by atoms with van der Waals surface area (Å²) in [6, 6.07) is 11.2. The molecule has 5 rings (SSSR count). The Morgan fingerprint density at radius 2 is 1.87 bits per heavy atom. The molecule has 0 atom stereocenters. The Bertz CT molecular complexity index is 1820. The number of carbonyl (C=O) groups is 2. The summed E-state index contributed by atoms with van der Waals surface area (Å²) in [5.41, 5.74) is 1.57. The van der Waals surface area contributed by atoms with E-state index in [-0.39, 0.29) is 36.7 Å². The van der Waals surface area contributed by atoms with Gasteiger partial charge in [0.15, 0.2) is 11.6 Å². The average Bonchev–Trinajstić information content (AvgIpc) is 3.64. The number of sulfone groups is 1. The van der Waals surface area contributed by atoms with Gasteiger partial charge < -0.3 is 25.0 Å². The van der Waals surface area contributed by atoms with Crippen LogP contribution in [0.3, 0.4) is 0 Å². The lowest BCUT2D eigenvalue weighted by Crippen LogP contribution is -2.39. The maximum absolute atomic E-state index is 14.9. The zero-order valence-corrected chi connectivity index (χ0v) is 26.9. The highest BCUT2D eigenvalue weighted by Gasteiger charge is 2.24. The number of nitrogens with one attached hydrogen (secondary N) is 2. The summed E-state index contributed by atoms with van der Waals surface area (Å²) in [4.78, 5) is 35.9. The van der Waals surface area contributed by atoms with Crippen molar-refractivity contribution in [3.8, 4) is 22.1 Å². The minimum atomic E-state index is -3.30. The smallest absolute Gasteiger partial charge is 0.410 e. The Labute approximate surface area is 264 Å². The molecule has 0 radical (unpaired) electrons. The Hall–Kier alpha value is -4.30. The number of nitrogens with zero attached hydrogens (tertiary/aromatic N) is 3. The van der Waals surface area contributed by atoms with Gasteiger partial charge in [0, 0.05) is 49.1 Å². The fourth-order valence-corrected chi connectivity index (χ4v) is 5.80. The van der Waals surface area contributed by atoms with Crippen LogP contribution in [-0.4, -0.2) is 65.6 Å². The van der Waals surface area contributed by atoms with Crippen molar-refractivity contribution in [1.82, 2.24) is 20.2 Å². The van der Waals surface area contributed by atoms with Crippen molar-refractivity contribution >= 4 is 49.2 Å². The Morgan fingerprint density at radius 3 is 2.51 bits per heavy atom. The minimum absolute atomic E-state index is 0.00139. The molecule has 3 aromatic heterocycles. The molecule has 4 aromatic rings. The lowest BCUT2D eigenvalue weighted by molar-refractivity contribution is 0.0246. The first kappa shape index (κ1) is 32.1. The topological polar surface area (TPSA) is 140 Å². The summed E-state index contributed by atoms with van der Waals surface area (Å²) in [6.07, 6.45) is 5.60. The van der Waals surface area contributed by atoms with Crippen molar-refractivity contribution in [3.05, 3.63) is 66.2 Å². The SMILES string of the molecule is CC(C)(C)OC(=O)N(CCS(C)(=O)=O)Cc1ccc(-c2cc3nccc(Oc4ccc(NC(=O)NC5CC5)cc4F)c3s2)nc1. The highest BCUT2D eigenvalue weighted by molar-refractivity contribution is 7.90. The molecule has 0 spiro atoms. The summed E-state index contributed by atoms with van der Waals surface area (Å²) in [6.45, 7) is 5.34. The summed E-state index contributed by atoms with van der Waals surface area (Å²) in [5.74, 6) is -0.411. The van der Waals surface area contributed by atoms with Crippen LogP contribution in [0.25, 0.3) is 20.8 Å². The molecule has 2 N–H and O–H groups in total. The predicted molar refractivity (Wildman–Crippen MR) is 171 cm³/mol. The summed E-state index contributed by atoms with van der Waals surface area (Å²) < 4.78 is 50.5. The number of anilines is 1. The third kappa shape index (κ3) is 9.11.